The lowest BCUT2D eigenvalue weighted by Crippen LogP contribution is -2.20. The maximum absolute atomic E-state index is 12.9. The third-order valence-electron chi connectivity index (χ3n) is 4.93. The van der Waals surface area contributed by atoms with Gasteiger partial charge in [0.25, 0.3) is 11.8 Å². The van der Waals surface area contributed by atoms with Crippen molar-refractivity contribution in [1.29, 1.82) is 0 Å². The second-order valence-corrected chi connectivity index (χ2v) is 7.50. The number of anilines is 2. The summed E-state index contributed by atoms with van der Waals surface area (Å²) in [6.45, 7) is 3.69. The van der Waals surface area contributed by atoms with Gasteiger partial charge in [-0.15, -0.1) is 0 Å². The minimum atomic E-state index is -0.265. The molecule has 32 heavy (non-hydrogen) atoms. The van der Waals surface area contributed by atoms with Gasteiger partial charge in [0.05, 0.1) is 16.8 Å². The van der Waals surface area contributed by atoms with Crippen molar-refractivity contribution >= 4 is 34.1 Å². The molecule has 0 aliphatic carbocycles. The SMILES string of the molecule is Cc1ccc2cc(C(=O)Nc3cccc(OCC(=O)Nc4ccccc4)c3)c(C)nc2c1. The number of aromatic nitrogens is 1. The number of nitrogens with one attached hydrogen (secondary N) is 2. The standard InChI is InChI=1S/C26H23N3O3/c1-17-11-12-19-14-23(18(2)27-24(19)13-17)26(31)29-21-9-6-10-22(15-21)32-16-25(30)28-20-7-4-3-5-8-20/h3-15H,16H2,1-2H3,(H,28,30)(H,29,31). The lowest BCUT2D eigenvalue weighted by molar-refractivity contribution is -0.118. The van der Waals surface area contributed by atoms with Gasteiger partial charge in [-0.05, 0) is 55.8 Å². The number of nitrogens with zero attached hydrogens (tertiary/aromatic N) is 1. The second-order valence-electron chi connectivity index (χ2n) is 7.50. The Balaban J connectivity index is 1.42. The molecule has 3 aromatic carbocycles. The molecule has 0 fully saturated rings. The molecule has 2 amide bonds. The predicted octanol–water partition coefficient (Wildman–Crippen LogP) is 5.12. The lowest BCUT2D eigenvalue weighted by atomic mass is 10.1. The third-order valence-corrected chi connectivity index (χ3v) is 4.93. The summed E-state index contributed by atoms with van der Waals surface area (Å²) in [5, 5.41) is 6.56. The van der Waals surface area contributed by atoms with Gasteiger partial charge in [-0.3, -0.25) is 14.6 Å². The number of ether oxygens (including phenoxy) is 1. The Morgan fingerprint density at radius 1 is 0.844 bits per heavy atom. The summed E-state index contributed by atoms with van der Waals surface area (Å²) in [5.41, 5.74) is 4.43. The molecule has 6 nitrogen and oxygen atoms in total. The summed E-state index contributed by atoms with van der Waals surface area (Å²) >= 11 is 0. The molecule has 1 heterocycles. The molecule has 0 bridgehead atoms. The number of carbonyl (C=O) groups excluding carboxylic acids is 2. The Labute approximate surface area is 186 Å². The number of para-hydroxylation sites is 1. The smallest absolute Gasteiger partial charge is 0.262 e. The van der Waals surface area contributed by atoms with Gasteiger partial charge in [0.2, 0.25) is 0 Å². The first kappa shape index (κ1) is 21.1. The van der Waals surface area contributed by atoms with E-state index in [4.69, 9.17) is 4.74 Å². The molecule has 0 spiro atoms. The molecule has 0 radical (unpaired) electrons. The molecule has 4 rings (SSSR count). The van der Waals surface area contributed by atoms with Crippen LogP contribution in [0, 0.1) is 13.8 Å². The van der Waals surface area contributed by atoms with Crippen molar-refractivity contribution in [3.05, 3.63) is 95.7 Å². The van der Waals surface area contributed by atoms with Crippen molar-refractivity contribution in [2.45, 2.75) is 13.8 Å². The minimum absolute atomic E-state index is 0.139. The first-order valence-electron chi connectivity index (χ1n) is 10.2. The number of fused-ring (bicyclic) bond motifs is 1. The highest BCUT2D eigenvalue weighted by Gasteiger charge is 2.13. The monoisotopic (exact) mass is 425 g/mol. The van der Waals surface area contributed by atoms with E-state index in [2.05, 4.69) is 15.6 Å². The van der Waals surface area contributed by atoms with Crippen LogP contribution in [0.15, 0.2) is 78.9 Å². The van der Waals surface area contributed by atoms with Crippen LogP contribution in [0.2, 0.25) is 0 Å². The molecule has 0 saturated heterocycles. The average molecular weight is 425 g/mol. The van der Waals surface area contributed by atoms with E-state index < -0.39 is 0 Å². The van der Waals surface area contributed by atoms with Crippen molar-refractivity contribution < 1.29 is 14.3 Å². The topological polar surface area (TPSA) is 80.3 Å². The zero-order chi connectivity index (χ0) is 22.5. The summed E-state index contributed by atoms with van der Waals surface area (Å²) in [6.07, 6.45) is 0. The Kier molecular flexibility index (Phi) is 6.12. The molecule has 0 atom stereocenters. The Bertz CT molecular complexity index is 1290. The summed E-state index contributed by atoms with van der Waals surface area (Å²) in [6, 6.07) is 23.9. The van der Waals surface area contributed by atoms with Crippen LogP contribution in [-0.4, -0.2) is 23.4 Å². The van der Waals surface area contributed by atoms with Gasteiger partial charge >= 0.3 is 0 Å². The summed E-state index contributed by atoms with van der Waals surface area (Å²) < 4.78 is 5.58. The van der Waals surface area contributed by atoms with E-state index in [-0.39, 0.29) is 18.4 Å². The zero-order valence-corrected chi connectivity index (χ0v) is 17.9. The van der Waals surface area contributed by atoms with Crippen molar-refractivity contribution in [1.82, 2.24) is 4.98 Å². The summed E-state index contributed by atoms with van der Waals surface area (Å²) in [4.78, 5) is 29.5. The van der Waals surface area contributed by atoms with Gasteiger partial charge < -0.3 is 15.4 Å². The predicted molar refractivity (Wildman–Crippen MR) is 126 cm³/mol. The quantitative estimate of drug-likeness (QED) is 0.449. The fourth-order valence-electron chi connectivity index (χ4n) is 3.33. The van der Waals surface area contributed by atoms with E-state index in [0.717, 1.165) is 16.5 Å². The Hall–Kier alpha value is -4.19. The summed E-state index contributed by atoms with van der Waals surface area (Å²) in [5.74, 6) is -0.0370. The molecule has 4 aromatic rings. The van der Waals surface area contributed by atoms with Gasteiger partial charge in [0.1, 0.15) is 5.75 Å². The molecule has 1 aromatic heterocycles. The third kappa shape index (κ3) is 5.10. The highest BCUT2D eigenvalue weighted by atomic mass is 16.5. The van der Waals surface area contributed by atoms with Crippen LogP contribution >= 0.6 is 0 Å². The van der Waals surface area contributed by atoms with Crippen LogP contribution in [0.4, 0.5) is 11.4 Å². The molecule has 0 aliphatic heterocycles. The number of carbonyl (C=O) groups is 2. The maximum atomic E-state index is 12.9. The van der Waals surface area contributed by atoms with E-state index in [9.17, 15) is 9.59 Å². The van der Waals surface area contributed by atoms with Crippen molar-refractivity contribution in [3.63, 3.8) is 0 Å². The van der Waals surface area contributed by atoms with Crippen molar-refractivity contribution in [3.8, 4) is 5.75 Å². The number of hydrogen-bond acceptors (Lipinski definition) is 4. The van der Waals surface area contributed by atoms with E-state index in [1.54, 1.807) is 36.4 Å². The Morgan fingerprint density at radius 2 is 1.62 bits per heavy atom. The Morgan fingerprint density at radius 3 is 2.44 bits per heavy atom. The number of rotatable bonds is 6. The minimum Gasteiger partial charge on any atom is -0.484 e. The van der Waals surface area contributed by atoms with Gasteiger partial charge in [-0.2, -0.15) is 0 Å². The van der Waals surface area contributed by atoms with E-state index in [0.29, 0.717) is 28.4 Å². The number of pyridine rings is 1. The van der Waals surface area contributed by atoms with Crippen molar-refractivity contribution in [2.24, 2.45) is 0 Å². The number of aryl methyl sites for hydroxylation is 2. The molecule has 0 unspecified atom stereocenters. The maximum Gasteiger partial charge on any atom is 0.262 e. The number of hydrogen-bond donors (Lipinski definition) is 2. The number of amides is 2. The fraction of sp³-hybridized carbons (Fsp3) is 0.115. The first-order chi connectivity index (χ1) is 15.5. The van der Waals surface area contributed by atoms with E-state index >= 15 is 0 Å². The fourth-order valence-corrected chi connectivity index (χ4v) is 3.33. The number of benzene rings is 3. The van der Waals surface area contributed by atoms with E-state index in [1.807, 2.05) is 56.3 Å². The van der Waals surface area contributed by atoms with Crippen LogP contribution < -0.4 is 15.4 Å². The second kappa shape index (κ2) is 9.31. The largest absolute Gasteiger partial charge is 0.484 e. The molecular formula is C26H23N3O3. The van der Waals surface area contributed by atoms with Gasteiger partial charge in [-0.1, -0.05) is 36.4 Å². The highest BCUT2D eigenvalue weighted by Crippen LogP contribution is 2.21. The zero-order valence-electron chi connectivity index (χ0n) is 17.9. The van der Waals surface area contributed by atoms with Crippen LogP contribution in [0.3, 0.4) is 0 Å². The van der Waals surface area contributed by atoms with Gasteiger partial charge in [0.15, 0.2) is 6.61 Å². The molecule has 160 valence electrons. The van der Waals surface area contributed by atoms with Gasteiger partial charge in [0, 0.05) is 22.8 Å². The molecular weight excluding hydrogens is 402 g/mol. The van der Waals surface area contributed by atoms with Crippen LogP contribution in [0.25, 0.3) is 10.9 Å². The van der Waals surface area contributed by atoms with Crippen molar-refractivity contribution in [2.75, 3.05) is 17.2 Å². The van der Waals surface area contributed by atoms with Crippen LogP contribution in [-0.2, 0) is 4.79 Å². The molecule has 2 N–H and O–H groups in total. The normalized spacial score (nSPS) is 10.6. The molecule has 0 aliphatic rings. The van der Waals surface area contributed by atoms with Crippen LogP contribution in [0.5, 0.6) is 5.75 Å². The lowest BCUT2D eigenvalue weighted by Gasteiger charge is -2.11. The molecule has 6 heteroatoms. The molecule has 0 saturated carbocycles. The highest BCUT2D eigenvalue weighted by molar-refractivity contribution is 6.06. The first-order valence-corrected chi connectivity index (χ1v) is 10.2. The average Bonchev–Trinajstić information content (AvgIpc) is 2.78. The van der Waals surface area contributed by atoms with Crippen LogP contribution in [0.1, 0.15) is 21.6 Å². The summed E-state index contributed by atoms with van der Waals surface area (Å²) in [7, 11) is 0. The van der Waals surface area contributed by atoms with E-state index in [1.165, 1.54) is 0 Å². The van der Waals surface area contributed by atoms with Gasteiger partial charge in [-0.25, -0.2) is 0 Å².